The molecule has 0 aliphatic heterocycles. The largest absolute Gasteiger partial charge is 0.548 e. The van der Waals surface area contributed by atoms with Crippen molar-refractivity contribution >= 4 is 11.7 Å². The third-order valence-corrected chi connectivity index (χ3v) is 4.32. The summed E-state index contributed by atoms with van der Waals surface area (Å²) in [6.07, 6.45) is 0. The van der Waals surface area contributed by atoms with Gasteiger partial charge in [-0.25, -0.2) is 0 Å². The summed E-state index contributed by atoms with van der Waals surface area (Å²) in [5, 5.41) is 23.8. The van der Waals surface area contributed by atoms with Crippen molar-refractivity contribution in [1.29, 1.82) is 5.26 Å². The van der Waals surface area contributed by atoms with Crippen molar-refractivity contribution in [3.63, 3.8) is 0 Å². The minimum absolute atomic E-state index is 0.474. The third-order valence-electron chi connectivity index (χ3n) is 4.32. The highest BCUT2D eigenvalue weighted by Crippen LogP contribution is 2.26. The number of ether oxygens (including phenoxy) is 2. The Morgan fingerprint density at radius 2 is 2.00 bits per heavy atom. The summed E-state index contributed by atoms with van der Waals surface area (Å²) in [5.41, 5.74) is 2.55. The van der Waals surface area contributed by atoms with Crippen molar-refractivity contribution in [2.45, 2.75) is 19.5 Å². The van der Waals surface area contributed by atoms with Crippen molar-refractivity contribution in [1.82, 2.24) is 4.90 Å². The number of hydrogen-bond donors (Lipinski definition) is 1. The van der Waals surface area contributed by atoms with Gasteiger partial charge in [0.1, 0.15) is 5.75 Å². The van der Waals surface area contributed by atoms with E-state index in [9.17, 15) is 9.90 Å². The number of methoxy groups -OCH3 is 1. The highest BCUT2D eigenvalue weighted by Gasteiger charge is 2.16. The first-order valence-corrected chi connectivity index (χ1v) is 9.38. The maximum atomic E-state index is 11.9. The first-order chi connectivity index (χ1) is 14.0. The molecule has 0 bridgehead atoms. The lowest BCUT2D eigenvalue weighted by Crippen LogP contribution is -2.34. The van der Waals surface area contributed by atoms with Crippen LogP contribution in [-0.2, 0) is 16.1 Å². The van der Waals surface area contributed by atoms with Crippen LogP contribution in [0.5, 0.6) is 5.75 Å². The topological polar surface area (TPSA) is 97.7 Å². The number of carbonyl (C=O) groups excluding carboxylic acids is 1. The standard InChI is InChI=1S/C22H27N3O4/c1-4-29-20-12-17(15-25(2)9-10-28-3)11-18(13-20)21(22(26)27)24-19-7-5-16(14-23)6-8-19/h5-8,11-13,21,24H,4,9-10,15H2,1-3H3,(H,26,27)/p-1. The Morgan fingerprint density at radius 1 is 1.28 bits per heavy atom. The highest BCUT2D eigenvalue weighted by atomic mass is 16.5. The first-order valence-electron chi connectivity index (χ1n) is 9.38. The van der Waals surface area contributed by atoms with Crippen LogP contribution >= 0.6 is 0 Å². The number of carbonyl (C=O) groups is 1. The average Bonchev–Trinajstić information content (AvgIpc) is 2.70. The summed E-state index contributed by atoms with van der Waals surface area (Å²) < 4.78 is 10.7. The molecule has 7 nitrogen and oxygen atoms in total. The molecule has 0 saturated carbocycles. The van der Waals surface area contributed by atoms with Gasteiger partial charge in [0.15, 0.2) is 0 Å². The molecule has 0 aliphatic rings. The van der Waals surface area contributed by atoms with E-state index < -0.39 is 12.0 Å². The smallest absolute Gasteiger partial charge is 0.119 e. The van der Waals surface area contributed by atoms with Crippen molar-refractivity contribution in [2.24, 2.45) is 0 Å². The summed E-state index contributed by atoms with van der Waals surface area (Å²) in [6, 6.07) is 13.0. The van der Waals surface area contributed by atoms with Crippen molar-refractivity contribution in [3.8, 4) is 11.8 Å². The second-order valence-corrected chi connectivity index (χ2v) is 6.66. The van der Waals surface area contributed by atoms with Crippen molar-refractivity contribution < 1.29 is 19.4 Å². The predicted octanol–water partition coefficient (Wildman–Crippen LogP) is 1.94. The highest BCUT2D eigenvalue weighted by molar-refractivity contribution is 5.78. The lowest BCUT2D eigenvalue weighted by molar-refractivity contribution is -0.307. The van der Waals surface area contributed by atoms with Gasteiger partial charge in [0, 0.05) is 25.9 Å². The number of carboxylic acids is 1. The van der Waals surface area contributed by atoms with Gasteiger partial charge in [-0.05, 0) is 61.5 Å². The van der Waals surface area contributed by atoms with Crippen LogP contribution in [0.1, 0.15) is 29.7 Å². The number of aliphatic carboxylic acids is 1. The Morgan fingerprint density at radius 3 is 2.59 bits per heavy atom. The lowest BCUT2D eigenvalue weighted by Gasteiger charge is -2.24. The molecule has 1 atom stereocenters. The Hall–Kier alpha value is -3.08. The number of nitriles is 1. The molecule has 29 heavy (non-hydrogen) atoms. The fourth-order valence-electron chi connectivity index (χ4n) is 2.92. The summed E-state index contributed by atoms with van der Waals surface area (Å²) in [7, 11) is 3.62. The number of anilines is 1. The van der Waals surface area contributed by atoms with E-state index in [0.29, 0.717) is 42.3 Å². The molecule has 2 aromatic carbocycles. The molecule has 0 aromatic heterocycles. The molecule has 0 radical (unpaired) electrons. The minimum Gasteiger partial charge on any atom is -0.548 e. The van der Waals surface area contributed by atoms with Gasteiger partial charge in [0.25, 0.3) is 0 Å². The molecule has 0 fully saturated rings. The predicted molar refractivity (Wildman–Crippen MR) is 108 cm³/mol. The summed E-state index contributed by atoms with van der Waals surface area (Å²) in [4.78, 5) is 14.0. The molecular formula is C22H26N3O4-. The van der Waals surface area contributed by atoms with E-state index in [1.54, 1.807) is 37.4 Å². The van der Waals surface area contributed by atoms with Crippen LogP contribution in [0.25, 0.3) is 0 Å². The molecule has 2 rings (SSSR count). The fraction of sp³-hybridized carbons (Fsp3) is 0.364. The Labute approximate surface area is 171 Å². The molecule has 0 aliphatic carbocycles. The van der Waals surface area contributed by atoms with Gasteiger partial charge in [-0.3, -0.25) is 4.90 Å². The number of rotatable bonds is 11. The van der Waals surface area contributed by atoms with E-state index in [1.165, 1.54) is 0 Å². The van der Waals surface area contributed by atoms with Crippen LogP contribution in [0, 0.1) is 11.3 Å². The zero-order valence-corrected chi connectivity index (χ0v) is 17.0. The van der Waals surface area contributed by atoms with Gasteiger partial charge >= 0.3 is 0 Å². The van der Waals surface area contributed by atoms with E-state index in [1.807, 2.05) is 32.2 Å². The SMILES string of the molecule is CCOc1cc(CN(C)CCOC)cc(C(Nc2ccc(C#N)cc2)C(=O)[O-])c1. The molecule has 1 unspecified atom stereocenters. The molecule has 7 heteroatoms. The zero-order chi connectivity index (χ0) is 21.2. The van der Waals surface area contributed by atoms with Crippen LogP contribution < -0.4 is 15.2 Å². The second kappa shape index (κ2) is 11.1. The van der Waals surface area contributed by atoms with Crippen LogP contribution in [0.15, 0.2) is 42.5 Å². The number of carboxylic acid groups (broad SMARTS) is 1. The molecule has 2 aromatic rings. The monoisotopic (exact) mass is 396 g/mol. The number of nitrogens with zero attached hydrogens (tertiary/aromatic N) is 2. The van der Waals surface area contributed by atoms with E-state index >= 15 is 0 Å². The Bertz CT molecular complexity index is 846. The summed E-state index contributed by atoms with van der Waals surface area (Å²) in [5.74, 6) is -0.644. The van der Waals surface area contributed by atoms with Gasteiger partial charge in [0.05, 0.1) is 36.9 Å². The summed E-state index contributed by atoms with van der Waals surface area (Å²) >= 11 is 0. The molecule has 1 N–H and O–H groups in total. The minimum atomic E-state index is -1.25. The van der Waals surface area contributed by atoms with E-state index in [0.717, 1.165) is 12.1 Å². The number of nitrogens with one attached hydrogen (secondary N) is 1. The van der Waals surface area contributed by atoms with E-state index in [4.69, 9.17) is 14.7 Å². The molecule has 0 saturated heterocycles. The number of hydrogen-bond acceptors (Lipinski definition) is 7. The third kappa shape index (κ3) is 6.79. The maximum Gasteiger partial charge on any atom is 0.119 e. The quantitative estimate of drug-likeness (QED) is 0.620. The van der Waals surface area contributed by atoms with Gasteiger partial charge in [-0.2, -0.15) is 5.26 Å². The Kier molecular flexibility index (Phi) is 8.46. The summed E-state index contributed by atoms with van der Waals surface area (Å²) in [6.45, 7) is 4.33. The molecule has 0 spiro atoms. The van der Waals surface area contributed by atoms with Gasteiger partial charge in [-0.15, -0.1) is 0 Å². The lowest BCUT2D eigenvalue weighted by atomic mass is 10.0. The van der Waals surface area contributed by atoms with Crippen LogP contribution in [-0.4, -0.2) is 44.8 Å². The maximum absolute atomic E-state index is 11.9. The van der Waals surface area contributed by atoms with E-state index in [-0.39, 0.29) is 0 Å². The zero-order valence-electron chi connectivity index (χ0n) is 17.0. The second-order valence-electron chi connectivity index (χ2n) is 6.66. The number of likely N-dealkylation sites (N-methyl/N-ethyl adjacent to an activating group) is 1. The van der Waals surface area contributed by atoms with Crippen molar-refractivity contribution in [3.05, 3.63) is 59.2 Å². The average molecular weight is 396 g/mol. The first kappa shape index (κ1) is 22.2. The molecular weight excluding hydrogens is 370 g/mol. The number of benzene rings is 2. The van der Waals surface area contributed by atoms with Crippen LogP contribution in [0.2, 0.25) is 0 Å². The van der Waals surface area contributed by atoms with Gasteiger partial charge < -0.3 is 24.7 Å². The normalized spacial score (nSPS) is 11.7. The molecule has 0 amide bonds. The van der Waals surface area contributed by atoms with Gasteiger partial charge in [0.2, 0.25) is 0 Å². The fourth-order valence-corrected chi connectivity index (χ4v) is 2.92. The van der Waals surface area contributed by atoms with Crippen LogP contribution in [0.3, 0.4) is 0 Å². The van der Waals surface area contributed by atoms with Crippen molar-refractivity contribution in [2.75, 3.05) is 39.2 Å². The van der Waals surface area contributed by atoms with Gasteiger partial charge in [-0.1, -0.05) is 6.07 Å². The van der Waals surface area contributed by atoms with Crippen LogP contribution in [0.4, 0.5) is 5.69 Å². The molecule has 0 heterocycles. The Balaban J connectivity index is 2.30. The van der Waals surface area contributed by atoms with E-state index in [2.05, 4.69) is 10.2 Å². The molecule has 154 valence electrons.